The number of likely N-dealkylation sites (tertiary alicyclic amines) is 1. The van der Waals surface area contributed by atoms with Crippen LogP contribution in [0, 0.1) is 17.8 Å². The highest BCUT2D eigenvalue weighted by Gasteiger charge is 2.24. The highest BCUT2D eigenvalue weighted by atomic mass is 127. The van der Waals surface area contributed by atoms with Gasteiger partial charge in [0.2, 0.25) is 5.91 Å². The summed E-state index contributed by atoms with van der Waals surface area (Å²) in [7, 11) is 0. The zero-order chi connectivity index (χ0) is 17.4. The number of rotatable bonds is 6. The summed E-state index contributed by atoms with van der Waals surface area (Å²) >= 11 is 0. The van der Waals surface area contributed by atoms with Gasteiger partial charge in [0.25, 0.3) is 0 Å². The number of carbonyl (C=O) groups excluding carboxylic acids is 1. The summed E-state index contributed by atoms with van der Waals surface area (Å²) in [5.41, 5.74) is 5.37. The van der Waals surface area contributed by atoms with Crippen molar-refractivity contribution in [2.45, 2.75) is 65.2 Å². The van der Waals surface area contributed by atoms with Crippen molar-refractivity contribution in [2.24, 2.45) is 28.5 Å². The molecule has 0 spiro atoms. The van der Waals surface area contributed by atoms with E-state index < -0.39 is 0 Å². The molecule has 1 aliphatic heterocycles. The molecule has 2 aliphatic rings. The first-order valence-corrected chi connectivity index (χ1v) is 9.90. The van der Waals surface area contributed by atoms with Crippen LogP contribution in [0.4, 0.5) is 0 Å². The van der Waals surface area contributed by atoms with Gasteiger partial charge in [-0.25, -0.2) is 0 Å². The lowest BCUT2D eigenvalue weighted by atomic mass is 9.81. The third-order valence-corrected chi connectivity index (χ3v) is 5.49. The van der Waals surface area contributed by atoms with E-state index in [1.807, 2.05) is 0 Å². The highest BCUT2D eigenvalue weighted by Crippen LogP contribution is 2.30. The molecule has 3 atom stereocenters. The number of nitrogens with two attached hydrogens (primary N) is 1. The topological polar surface area (TPSA) is 70.7 Å². The Morgan fingerprint density at radius 3 is 2.68 bits per heavy atom. The standard InChI is InChI=1S/C19H36N4O.HI/c1-3-21-19(22-10-9-16-7-4-6-15(2)12-16)23-11-5-8-17(14-23)13-18(20)24;/h15-17H,3-14H2,1-2H3,(H2,20,24)(H,21,22);1H. The Morgan fingerprint density at radius 1 is 1.24 bits per heavy atom. The smallest absolute Gasteiger partial charge is 0.217 e. The Labute approximate surface area is 170 Å². The van der Waals surface area contributed by atoms with Crippen LogP contribution >= 0.6 is 24.0 Å². The van der Waals surface area contributed by atoms with E-state index in [0.717, 1.165) is 56.8 Å². The number of piperidine rings is 1. The molecule has 1 amide bonds. The van der Waals surface area contributed by atoms with E-state index >= 15 is 0 Å². The van der Waals surface area contributed by atoms with Gasteiger partial charge in [-0.1, -0.05) is 26.2 Å². The van der Waals surface area contributed by atoms with Crippen LogP contribution in [-0.4, -0.2) is 42.9 Å². The molecule has 2 rings (SSSR count). The molecule has 1 saturated heterocycles. The first-order chi connectivity index (χ1) is 11.6. The normalized spacial score (nSPS) is 27.5. The second kappa shape index (κ2) is 12.0. The van der Waals surface area contributed by atoms with Crippen molar-refractivity contribution < 1.29 is 4.79 Å². The maximum Gasteiger partial charge on any atom is 0.217 e. The van der Waals surface area contributed by atoms with Crippen molar-refractivity contribution in [3.8, 4) is 0 Å². The van der Waals surface area contributed by atoms with E-state index in [0.29, 0.717) is 12.3 Å². The van der Waals surface area contributed by atoms with Crippen molar-refractivity contribution >= 4 is 35.8 Å². The minimum Gasteiger partial charge on any atom is -0.370 e. The molecule has 3 unspecified atom stereocenters. The molecule has 0 aromatic carbocycles. The zero-order valence-electron chi connectivity index (χ0n) is 16.0. The summed E-state index contributed by atoms with van der Waals surface area (Å²) in [4.78, 5) is 18.4. The number of hydrogen-bond donors (Lipinski definition) is 2. The second-order valence-corrected chi connectivity index (χ2v) is 7.79. The molecule has 5 nitrogen and oxygen atoms in total. The van der Waals surface area contributed by atoms with E-state index in [-0.39, 0.29) is 29.9 Å². The summed E-state index contributed by atoms with van der Waals surface area (Å²) in [5.74, 6) is 2.95. The van der Waals surface area contributed by atoms with E-state index in [9.17, 15) is 4.79 Å². The van der Waals surface area contributed by atoms with Gasteiger partial charge in [0.05, 0.1) is 0 Å². The van der Waals surface area contributed by atoms with Crippen molar-refractivity contribution in [1.82, 2.24) is 10.2 Å². The molecule has 146 valence electrons. The molecule has 25 heavy (non-hydrogen) atoms. The second-order valence-electron chi connectivity index (χ2n) is 7.79. The van der Waals surface area contributed by atoms with Crippen LogP contribution in [0.3, 0.4) is 0 Å². The molecule has 3 N–H and O–H groups in total. The lowest BCUT2D eigenvalue weighted by Crippen LogP contribution is -2.47. The molecule has 0 radical (unpaired) electrons. The van der Waals surface area contributed by atoms with Gasteiger partial charge in [0, 0.05) is 32.6 Å². The maximum absolute atomic E-state index is 11.2. The van der Waals surface area contributed by atoms with Crippen LogP contribution in [0.15, 0.2) is 4.99 Å². The van der Waals surface area contributed by atoms with Gasteiger partial charge in [-0.3, -0.25) is 9.79 Å². The number of nitrogens with one attached hydrogen (secondary N) is 1. The largest absolute Gasteiger partial charge is 0.370 e. The summed E-state index contributed by atoms with van der Waals surface area (Å²) < 4.78 is 0. The van der Waals surface area contributed by atoms with Gasteiger partial charge < -0.3 is 16.0 Å². The number of amides is 1. The van der Waals surface area contributed by atoms with Crippen LogP contribution in [0.25, 0.3) is 0 Å². The van der Waals surface area contributed by atoms with Gasteiger partial charge in [-0.15, -0.1) is 24.0 Å². The van der Waals surface area contributed by atoms with E-state index in [1.165, 1.54) is 32.1 Å². The lowest BCUT2D eigenvalue weighted by Gasteiger charge is -2.34. The number of hydrogen-bond acceptors (Lipinski definition) is 2. The average molecular weight is 464 g/mol. The van der Waals surface area contributed by atoms with E-state index in [1.54, 1.807) is 0 Å². The van der Waals surface area contributed by atoms with Crippen LogP contribution in [0.5, 0.6) is 0 Å². The van der Waals surface area contributed by atoms with Gasteiger partial charge >= 0.3 is 0 Å². The minimum atomic E-state index is -0.185. The fourth-order valence-electron chi connectivity index (χ4n) is 4.31. The molecule has 2 fully saturated rings. The van der Waals surface area contributed by atoms with Crippen LogP contribution in [-0.2, 0) is 4.79 Å². The van der Waals surface area contributed by atoms with Gasteiger partial charge in [-0.05, 0) is 50.4 Å². The van der Waals surface area contributed by atoms with E-state index in [4.69, 9.17) is 10.7 Å². The molecule has 1 aliphatic carbocycles. The maximum atomic E-state index is 11.2. The molecule has 1 heterocycles. The van der Waals surface area contributed by atoms with Crippen LogP contribution in [0.2, 0.25) is 0 Å². The number of halogens is 1. The third kappa shape index (κ3) is 8.13. The molecule has 6 heteroatoms. The summed E-state index contributed by atoms with van der Waals surface area (Å²) in [6.07, 6.45) is 9.44. The highest BCUT2D eigenvalue weighted by molar-refractivity contribution is 14.0. The Balaban J connectivity index is 0.00000312. The summed E-state index contributed by atoms with van der Waals surface area (Å²) in [5, 5.41) is 3.43. The SMILES string of the molecule is CCNC(=NCCC1CCCC(C)C1)N1CCCC(CC(N)=O)C1.I. The molecule has 1 saturated carbocycles. The number of carbonyl (C=O) groups is 1. The summed E-state index contributed by atoms with van der Waals surface area (Å²) in [6.45, 7) is 8.22. The van der Waals surface area contributed by atoms with Crippen LogP contribution < -0.4 is 11.1 Å². The van der Waals surface area contributed by atoms with Crippen molar-refractivity contribution in [2.75, 3.05) is 26.2 Å². The van der Waals surface area contributed by atoms with Crippen molar-refractivity contribution in [3.63, 3.8) is 0 Å². The Bertz CT molecular complexity index is 430. The van der Waals surface area contributed by atoms with Crippen molar-refractivity contribution in [1.29, 1.82) is 0 Å². The molecule has 0 bridgehead atoms. The van der Waals surface area contributed by atoms with Crippen LogP contribution in [0.1, 0.15) is 65.2 Å². The first-order valence-electron chi connectivity index (χ1n) is 9.90. The average Bonchev–Trinajstić information content (AvgIpc) is 2.54. The van der Waals surface area contributed by atoms with Gasteiger partial charge in [0.15, 0.2) is 5.96 Å². The Kier molecular flexibility index (Phi) is 10.8. The Hall–Kier alpha value is -0.530. The van der Waals surface area contributed by atoms with Gasteiger partial charge in [-0.2, -0.15) is 0 Å². The number of primary amides is 1. The summed E-state index contributed by atoms with van der Waals surface area (Å²) in [6, 6.07) is 0. The predicted molar refractivity (Wildman–Crippen MR) is 115 cm³/mol. The van der Waals surface area contributed by atoms with Gasteiger partial charge in [0.1, 0.15) is 0 Å². The molecule has 0 aromatic rings. The lowest BCUT2D eigenvalue weighted by molar-refractivity contribution is -0.119. The third-order valence-electron chi connectivity index (χ3n) is 5.49. The number of nitrogens with zero attached hydrogens (tertiary/aromatic N) is 2. The molecular weight excluding hydrogens is 427 g/mol. The quantitative estimate of drug-likeness (QED) is 0.360. The number of guanidine groups is 1. The minimum absolute atomic E-state index is 0. The zero-order valence-corrected chi connectivity index (χ0v) is 18.3. The van der Waals surface area contributed by atoms with E-state index in [2.05, 4.69) is 24.1 Å². The van der Waals surface area contributed by atoms with Crippen molar-refractivity contribution in [3.05, 3.63) is 0 Å². The molecule has 0 aromatic heterocycles. The molecular formula is C19H37IN4O. The predicted octanol–water partition coefficient (Wildman–Crippen LogP) is 3.37. The monoisotopic (exact) mass is 464 g/mol. The first kappa shape index (κ1) is 22.5. The fraction of sp³-hybridized carbons (Fsp3) is 0.895. The number of aliphatic imine (C=N–C) groups is 1. The Morgan fingerprint density at radius 2 is 2.00 bits per heavy atom. The fourth-order valence-corrected chi connectivity index (χ4v) is 4.31.